The summed E-state index contributed by atoms with van der Waals surface area (Å²) in [7, 11) is 0. The highest BCUT2D eigenvalue weighted by Crippen LogP contribution is 2.34. The molecule has 0 saturated carbocycles. The highest BCUT2D eigenvalue weighted by molar-refractivity contribution is 7.98. The summed E-state index contributed by atoms with van der Waals surface area (Å²) in [5.74, 6) is -0.000448. The molecule has 1 aromatic heterocycles. The molecule has 0 unspecified atom stereocenters. The van der Waals surface area contributed by atoms with E-state index in [0.29, 0.717) is 29.7 Å². The van der Waals surface area contributed by atoms with Crippen LogP contribution >= 0.6 is 23.4 Å². The molecule has 35 heavy (non-hydrogen) atoms. The summed E-state index contributed by atoms with van der Waals surface area (Å²) in [5.41, 5.74) is 2.42. The Morgan fingerprint density at radius 1 is 1.14 bits per heavy atom. The topological polar surface area (TPSA) is 94.8 Å². The van der Waals surface area contributed by atoms with E-state index in [0.717, 1.165) is 35.8 Å². The number of carbonyl (C=O) groups is 2. The SMILES string of the molecule is CSCC[C@@H](NC(=O)OCc1ccccc1)C(=O)Oc1cc2oc(=O)c3c(c2cc1Cl)CCCC3. The lowest BCUT2D eigenvalue weighted by atomic mass is 9.91. The number of esters is 1. The van der Waals surface area contributed by atoms with Crippen molar-refractivity contribution in [3.05, 3.63) is 74.6 Å². The van der Waals surface area contributed by atoms with Gasteiger partial charge in [-0.15, -0.1) is 0 Å². The number of ether oxygens (including phenoxy) is 2. The van der Waals surface area contributed by atoms with Gasteiger partial charge in [0, 0.05) is 17.0 Å². The van der Waals surface area contributed by atoms with Gasteiger partial charge in [-0.25, -0.2) is 14.4 Å². The third-order valence-corrected chi connectivity index (χ3v) is 6.83. The summed E-state index contributed by atoms with van der Waals surface area (Å²) < 4.78 is 16.3. The normalized spacial score (nSPS) is 13.7. The Labute approximate surface area is 212 Å². The number of rotatable bonds is 8. The van der Waals surface area contributed by atoms with Crippen LogP contribution in [0.15, 0.2) is 51.7 Å². The van der Waals surface area contributed by atoms with Crippen LogP contribution in [-0.4, -0.2) is 30.1 Å². The first-order valence-electron chi connectivity index (χ1n) is 11.4. The molecule has 1 atom stereocenters. The molecule has 1 aliphatic rings. The van der Waals surface area contributed by atoms with Crippen LogP contribution in [-0.2, 0) is 29.0 Å². The molecule has 9 heteroatoms. The van der Waals surface area contributed by atoms with E-state index in [9.17, 15) is 14.4 Å². The number of hydrogen-bond acceptors (Lipinski definition) is 7. The van der Waals surface area contributed by atoms with Gasteiger partial charge in [0.05, 0.1) is 5.02 Å². The smallest absolute Gasteiger partial charge is 0.408 e. The van der Waals surface area contributed by atoms with Crippen LogP contribution in [0.5, 0.6) is 5.75 Å². The van der Waals surface area contributed by atoms with Gasteiger partial charge in [0.2, 0.25) is 0 Å². The molecule has 1 amide bonds. The zero-order valence-electron chi connectivity index (χ0n) is 19.3. The van der Waals surface area contributed by atoms with Crippen LogP contribution in [0, 0.1) is 0 Å². The van der Waals surface area contributed by atoms with Crippen molar-refractivity contribution in [2.45, 2.75) is 44.8 Å². The number of thioether (sulfide) groups is 1. The van der Waals surface area contributed by atoms with Gasteiger partial charge in [0.25, 0.3) is 0 Å². The Balaban J connectivity index is 1.49. The first kappa shape index (κ1) is 25.1. The first-order valence-corrected chi connectivity index (χ1v) is 13.2. The number of halogens is 1. The van der Waals surface area contributed by atoms with Gasteiger partial charge in [0.15, 0.2) is 5.75 Å². The number of hydrogen-bond donors (Lipinski definition) is 1. The summed E-state index contributed by atoms with van der Waals surface area (Å²) in [6.45, 7) is 0.0802. The second kappa shape index (κ2) is 11.6. The van der Waals surface area contributed by atoms with Gasteiger partial charge < -0.3 is 19.2 Å². The zero-order valence-corrected chi connectivity index (χ0v) is 20.9. The van der Waals surface area contributed by atoms with Crippen LogP contribution in [0.4, 0.5) is 4.79 Å². The lowest BCUT2D eigenvalue weighted by Gasteiger charge is -2.19. The van der Waals surface area contributed by atoms with Gasteiger partial charge in [-0.1, -0.05) is 41.9 Å². The van der Waals surface area contributed by atoms with Gasteiger partial charge in [-0.2, -0.15) is 11.8 Å². The predicted octanol–water partition coefficient (Wildman–Crippen LogP) is 5.28. The first-order chi connectivity index (χ1) is 17.0. The van der Waals surface area contributed by atoms with Crippen LogP contribution < -0.4 is 15.7 Å². The van der Waals surface area contributed by atoms with Crippen molar-refractivity contribution >= 4 is 46.4 Å². The molecule has 0 aliphatic heterocycles. The molecule has 0 fully saturated rings. The molecule has 7 nitrogen and oxygen atoms in total. The number of amides is 1. The van der Waals surface area contributed by atoms with Gasteiger partial charge in [-0.05, 0) is 61.3 Å². The largest absolute Gasteiger partial charge is 0.445 e. The standard InChI is InChI=1S/C26H26ClNO6S/c1-35-12-11-21(28-26(31)32-15-16-7-3-2-4-8-16)25(30)34-23-14-22-19(13-20(23)27)17-9-5-6-10-18(17)24(29)33-22/h2-4,7-8,13-14,21H,5-6,9-12,15H2,1H3,(H,28,31)/t21-/m1/s1. The minimum Gasteiger partial charge on any atom is -0.445 e. The van der Waals surface area contributed by atoms with E-state index >= 15 is 0 Å². The second-order valence-electron chi connectivity index (χ2n) is 8.29. The number of nitrogens with one attached hydrogen (secondary N) is 1. The van der Waals surface area contributed by atoms with E-state index in [1.165, 1.54) is 17.8 Å². The van der Waals surface area contributed by atoms with Crippen molar-refractivity contribution in [3.63, 3.8) is 0 Å². The lowest BCUT2D eigenvalue weighted by Crippen LogP contribution is -2.43. The maximum atomic E-state index is 13.0. The molecule has 0 spiro atoms. The fraction of sp³-hybridized carbons (Fsp3) is 0.346. The number of carbonyl (C=O) groups excluding carboxylic acids is 2. The van der Waals surface area contributed by atoms with Crippen LogP contribution in [0.1, 0.15) is 36.0 Å². The lowest BCUT2D eigenvalue weighted by molar-refractivity contribution is -0.136. The summed E-state index contributed by atoms with van der Waals surface area (Å²) in [4.78, 5) is 37.7. The molecular formula is C26H26ClNO6S. The maximum absolute atomic E-state index is 13.0. The molecule has 184 valence electrons. The van der Waals surface area contributed by atoms with Crippen LogP contribution in [0.2, 0.25) is 5.02 Å². The Morgan fingerprint density at radius 3 is 2.63 bits per heavy atom. The van der Waals surface area contributed by atoms with Crippen molar-refractivity contribution in [1.29, 1.82) is 0 Å². The van der Waals surface area contributed by atoms with E-state index in [2.05, 4.69) is 5.32 Å². The molecule has 1 N–H and O–H groups in total. The van der Waals surface area contributed by atoms with Crippen molar-refractivity contribution in [2.75, 3.05) is 12.0 Å². The third kappa shape index (κ3) is 6.18. The zero-order chi connectivity index (χ0) is 24.8. The molecule has 0 radical (unpaired) electrons. The Morgan fingerprint density at radius 2 is 1.89 bits per heavy atom. The minimum absolute atomic E-state index is 0.0664. The monoisotopic (exact) mass is 515 g/mol. The Kier molecular flexibility index (Phi) is 8.36. The fourth-order valence-corrected chi connectivity index (χ4v) is 4.77. The summed E-state index contributed by atoms with van der Waals surface area (Å²) >= 11 is 7.98. The highest BCUT2D eigenvalue weighted by atomic mass is 35.5. The summed E-state index contributed by atoms with van der Waals surface area (Å²) in [5, 5.41) is 3.56. The molecule has 0 saturated heterocycles. The molecule has 4 rings (SSSR count). The predicted molar refractivity (Wildman–Crippen MR) is 136 cm³/mol. The molecular weight excluding hydrogens is 490 g/mol. The van der Waals surface area contributed by atoms with Gasteiger partial charge in [-0.3, -0.25) is 0 Å². The third-order valence-electron chi connectivity index (χ3n) is 5.89. The Hall–Kier alpha value is -2.97. The number of aryl methyl sites for hydroxylation is 1. The average molecular weight is 516 g/mol. The van der Waals surface area contributed by atoms with E-state index < -0.39 is 18.1 Å². The molecule has 0 bridgehead atoms. The van der Waals surface area contributed by atoms with Crippen molar-refractivity contribution in [3.8, 4) is 5.75 Å². The van der Waals surface area contributed by atoms with E-state index in [-0.39, 0.29) is 23.0 Å². The van der Waals surface area contributed by atoms with Crippen molar-refractivity contribution in [1.82, 2.24) is 5.32 Å². The highest BCUT2D eigenvalue weighted by Gasteiger charge is 2.25. The van der Waals surface area contributed by atoms with Gasteiger partial charge in [0.1, 0.15) is 18.2 Å². The van der Waals surface area contributed by atoms with Gasteiger partial charge >= 0.3 is 17.7 Å². The summed E-state index contributed by atoms with van der Waals surface area (Å²) in [6.07, 6.45) is 4.92. The van der Waals surface area contributed by atoms with E-state index in [1.54, 1.807) is 6.07 Å². The Bertz CT molecular complexity index is 1280. The maximum Gasteiger partial charge on any atom is 0.408 e. The van der Waals surface area contributed by atoms with E-state index in [4.69, 9.17) is 25.5 Å². The number of alkyl carbamates (subject to hydrolysis) is 1. The van der Waals surface area contributed by atoms with Crippen LogP contribution in [0.3, 0.4) is 0 Å². The molecule has 2 aromatic carbocycles. The molecule has 3 aromatic rings. The van der Waals surface area contributed by atoms with E-state index in [1.807, 2.05) is 36.6 Å². The number of fused-ring (bicyclic) bond motifs is 3. The average Bonchev–Trinajstić information content (AvgIpc) is 2.87. The van der Waals surface area contributed by atoms with Crippen LogP contribution in [0.25, 0.3) is 11.0 Å². The quantitative estimate of drug-likeness (QED) is 0.248. The second-order valence-corrected chi connectivity index (χ2v) is 9.69. The summed E-state index contributed by atoms with van der Waals surface area (Å²) in [6, 6.07) is 11.4. The van der Waals surface area contributed by atoms with Crippen molar-refractivity contribution < 1.29 is 23.5 Å². The minimum atomic E-state index is -0.937. The molecule has 1 aliphatic carbocycles. The van der Waals surface area contributed by atoms with Crippen molar-refractivity contribution in [2.24, 2.45) is 0 Å². The fourth-order valence-electron chi connectivity index (χ4n) is 4.09. The number of benzene rings is 2. The molecule has 1 heterocycles.